The smallest absolute Gasteiger partial charge is 0.106 e. The van der Waals surface area contributed by atoms with Gasteiger partial charge < -0.3 is 0 Å². The lowest BCUT2D eigenvalue weighted by Crippen LogP contribution is -2.49. The molecule has 2 aliphatic carbocycles. The molecule has 2 fully saturated rings. The van der Waals surface area contributed by atoms with Crippen molar-refractivity contribution in [3.63, 3.8) is 0 Å². The summed E-state index contributed by atoms with van der Waals surface area (Å²) in [6.07, 6.45) is 10.6. The Kier molecular flexibility index (Phi) is 4.68. The molecule has 0 radical (unpaired) electrons. The summed E-state index contributed by atoms with van der Waals surface area (Å²) < 4.78 is 0. The van der Waals surface area contributed by atoms with Crippen molar-refractivity contribution in [3.8, 4) is 6.07 Å². The molecule has 0 atom stereocenters. The van der Waals surface area contributed by atoms with Crippen molar-refractivity contribution in [1.82, 2.24) is 5.32 Å². The molecule has 1 spiro atoms. The maximum Gasteiger partial charge on any atom is 0.106 e. The summed E-state index contributed by atoms with van der Waals surface area (Å²) in [5, 5.41) is 16.4. The standard InChI is InChI=1S/C14H23N5/c15-12-14(17-10-3-11-18-19-16)8-6-13(7-9-14)4-1-2-5-13/h17H,1-11H2. The van der Waals surface area contributed by atoms with E-state index in [1.54, 1.807) is 0 Å². The van der Waals surface area contributed by atoms with Gasteiger partial charge in [0.2, 0.25) is 0 Å². The molecule has 2 saturated carbocycles. The first-order chi connectivity index (χ1) is 9.24. The highest BCUT2D eigenvalue weighted by Crippen LogP contribution is 2.51. The van der Waals surface area contributed by atoms with Crippen molar-refractivity contribution in [2.75, 3.05) is 13.1 Å². The highest BCUT2D eigenvalue weighted by atomic mass is 15.1. The van der Waals surface area contributed by atoms with E-state index in [9.17, 15) is 5.26 Å². The van der Waals surface area contributed by atoms with Gasteiger partial charge in [0.05, 0.1) is 6.07 Å². The second-order valence-corrected chi connectivity index (χ2v) is 6.14. The first-order valence-corrected chi connectivity index (χ1v) is 7.41. The van der Waals surface area contributed by atoms with Gasteiger partial charge in [0.25, 0.3) is 0 Å². The van der Waals surface area contributed by atoms with Crippen molar-refractivity contribution in [2.45, 2.75) is 63.3 Å². The number of nitriles is 1. The van der Waals surface area contributed by atoms with E-state index in [4.69, 9.17) is 5.53 Å². The lowest BCUT2D eigenvalue weighted by molar-refractivity contribution is 0.140. The zero-order valence-corrected chi connectivity index (χ0v) is 11.6. The van der Waals surface area contributed by atoms with Crippen LogP contribution in [0, 0.1) is 16.7 Å². The molecule has 0 aromatic carbocycles. The number of nitrogens with zero attached hydrogens (tertiary/aromatic N) is 4. The number of rotatable bonds is 5. The van der Waals surface area contributed by atoms with Crippen LogP contribution in [-0.2, 0) is 0 Å². The Morgan fingerprint density at radius 2 is 1.84 bits per heavy atom. The van der Waals surface area contributed by atoms with Gasteiger partial charge in [-0.3, -0.25) is 5.32 Å². The second-order valence-electron chi connectivity index (χ2n) is 6.14. The molecular weight excluding hydrogens is 238 g/mol. The summed E-state index contributed by atoms with van der Waals surface area (Å²) in [5.41, 5.74) is 8.45. The van der Waals surface area contributed by atoms with Crippen molar-refractivity contribution in [3.05, 3.63) is 10.4 Å². The van der Waals surface area contributed by atoms with E-state index >= 15 is 0 Å². The molecule has 1 N–H and O–H groups in total. The maximum atomic E-state index is 9.48. The van der Waals surface area contributed by atoms with E-state index in [0.717, 1.165) is 25.8 Å². The van der Waals surface area contributed by atoms with Gasteiger partial charge in [0, 0.05) is 11.5 Å². The van der Waals surface area contributed by atoms with E-state index in [0.29, 0.717) is 12.0 Å². The van der Waals surface area contributed by atoms with Gasteiger partial charge in [-0.1, -0.05) is 18.0 Å². The minimum atomic E-state index is -0.329. The monoisotopic (exact) mass is 261 g/mol. The molecule has 0 aromatic heterocycles. The molecule has 0 heterocycles. The molecule has 2 aliphatic rings. The Bertz CT molecular complexity index is 375. The maximum absolute atomic E-state index is 9.48. The minimum absolute atomic E-state index is 0.329. The van der Waals surface area contributed by atoms with Crippen LogP contribution in [0.4, 0.5) is 0 Å². The second kappa shape index (κ2) is 6.27. The van der Waals surface area contributed by atoms with Crippen LogP contribution in [-0.4, -0.2) is 18.6 Å². The van der Waals surface area contributed by atoms with E-state index in [-0.39, 0.29) is 5.54 Å². The predicted molar refractivity (Wildman–Crippen MR) is 74.3 cm³/mol. The van der Waals surface area contributed by atoms with Crippen molar-refractivity contribution < 1.29 is 0 Å². The third kappa shape index (κ3) is 3.40. The highest BCUT2D eigenvalue weighted by molar-refractivity contribution is 5.11. The van der Waals surface area contributed by atoms with Gasteiger partial charge >= 0.3 is 0 Å². The summed E-state index contributed by atoms with van der Waals surface area (Å²) in [7, 11) is 0. The molecule has 19 heavy (non-hydrogen) atoms. The largest absolute Gasteiger partial charge is 0.299 e. The molecule has 0 amide bonds. The van der Waals surface area contributed by atoms with Crippen LogP contribution in [0.2, 0.25) is 0 Å². The van der Waals surface area contributed by atoms with Crippen LogP contribution in [0.15, 0.2) is 5.11 Å². The van der Waals surface area contributed by atoms with Crippen LogP contribution in [0.25, 0.3) is 10.4 Å². The van der Waals surface area contributed by atoms with Crippen molar-refractivity contribution >= 4 is 0 Å². The van der Waals surface area contributed by atoms with E-state index in [1.807, 2.05) is 0 Å². The number of nitrogens with one attached hydrogen (secondary N) is 1. The fraction of sp³-hybridized carbons (Fsp3) is 0.929. The normalized spacial score (nSPS) is 23.7. The summed E-state index contributed by atoms with van der Waals surface area (Å²) in [6.45, 7) is 1.27. The molecule has 0 aliphatic heterocycles. The quantitative estimate of drug-likeness (QED) is 0.354. The molecule has 5 nitrogen and oxygen atoms in total. The summed E-state index contributed by atoms with van der Waals surface area (Å²) >= 11 is 0. The topological polar surface area (TPSA) is 84.6 Å². The predicted octanol–water partition coefficient (Wildman–Crippen LogP) is 3.67. The van der Waals surface area contributed by atoms with E-state index < -0.39 is 0 Å². The van der Waals surface area contributed by atoms with Crippen molar-refractivity contribution in [1.29, 1.82) is 5.26 Å². The molecule has 0 bridgehead atoms. The lowest BCUT2D eigenvalue weighted by Gasteiger charge is -2.42. The van der Waals surface area contributed by atoms with Crippen molar-refractivity contribution in [2.24, 2.45) is 10.5 Å². The van der Waals surface area contributed by atoms with Crippen LogP contribution in [0.5, 0.6) is 0 Å². The van der Waals surface area contributed by atoms with Gasteiger partial charge in [0.1, 0.15) is 5.54 Å². The van der Waals surface area contributed by atoms with Gasteiger partial charge in [-0.05, 0) is 62.4 Å². The molecular formula is C14H23N5. The number of azide groups is 1. The molecule has 0 unspecified atom stereocenters. The molecule has 2 rings (SSSR count). The number of hydrogen-bond acceptors (Lipinski definition) is 3. The van der Waals surface area contributed by atoms with Crippen LogP contribution >= 0.6 is 0 Å². The SMILES string of the molecule is N#CC1(NCCCN=[N+]=[N-])CCC2(CCCC2)CC1. The fourth-order valence-corrected chi connectivity index (χ4v) is 3.68. The summed E-state index contributed by atoms with van der Waals surface area (Å²) in [6, 6.07) is 2.50. The molecule has 0 aromatic rings. The minimum Gasteiger partial charge on any atom is -0.299 e. The van der Waals surface area contributed by atoms with Gasteiger partial charge in [-0.2, -0.15) is 5.26 Å². The highest BCUT2D eigenvalue weighted by Gasteiger charge is 2.43. The fourth-order valence-electron chi connectivity index (χ4n) is 3.68. The molecule has 104 valence electrons. The lowest BCUT2D eigenvalue weighted by atomic mass is 9.67. The Morgan fingerprint density at radius 1 is 1.16 bits per heavy atom. The van der Waals surface area contributed by atoms with Crippen LogP contribution in [0.1, 0.15) is 57.8 Å². The Morgan fingerprint density at radius 3 is 2.42 bits per heavy atom. The average Bonchev–Trinajstić information content (AvgIpc) is 2.90. The van der Waals surface area contributed by atoms with E-state index in [2.05, 4.69) is 21.4 Å². The Hall–Kier alpha value is -1.24. The Labute approximate surface area is 115 Å². The third-order valence-electron chi connectivity index (χ3n) is 5.00. The van der Waals surface area contributed by atoms with Crippen LogP contribution < -0.4 is 5.32 Å². The Balaban J connectivity index is 1.80. The van der Waals surface area contributed by atoms with Gasteiger partial charge in [-0.15, -0.1) is 0 Å². The van der Waals surface area contributed by atoms with Gasteiger partial charge in [0.15, 0.2) is 0 Å². The third-order valence-corrected chi connectivity index (χ3v) is 5.00. The van der Waals surface area contributed by atoms with E-state index in [1.165, 1.54) is 38.5 Å². The first-order valence-electron chi connectivity index (χ1n) is 7.41. The van der Waals surface area contributed by atoms with Gasteiger partial charge in [-0.25, -0.2) is 0 Å². The number of hydrogen-bond donors (Lipinski definition) is 1. The first kappa shape index (κ1) is 14.2. The summed E-state index contributed by atoms with van der Waals surface area (Å²) in [4.78, 5) is 2.74. The van der Waals surface area contributed by atoms with Crippen LogP contribution in [0.3, 0.4) is 0 Å². The zero-order chi connectivity index (χ0) is 13.6. The molecule has 5 heteroatoms. The zero-order valence-electron chi connectivity index (χ0n) is 11.6. The molecule has 0 saturated heterocycles. The summed E-state index contributed by atoms with van der Waals surface area (Å²) in [5.74, 6) is 0. The average molecular weight is 261 g/mol.